The van der Waals surface area contributed by atoms with Gasteiger partial charge in [-0.25, -0.2) is 0 Å². The van der Waals surface area contributed by atoms with Crippen LogP contribution in [0.5, 0.6) is 0 Å². The minimum Gasteiger partial charge on any atom is -0.329 e. The van der Waals surface area contributed by atoms with E-state index < -0.39 is 0 Å². The molecule has 1 fully saturated rings. The van der Waals surface area contributed by atoms with E-state index >= 15 is 0 Å². The van der Waals surface area contributed by atoms with Crippen molar-refractivity contribution < 1.29 is 0 Å². The summed E-state index contributed by atoms with van der Waals surface area (Å²) in [6.45, 7) is 7.36. The van der Waals surface area contributed by atoms with E-state index in [2.05, 4.69) is 55.9 Å². The molecule has 0 bridgehead atoms. The molecular formula is C17H29N3. The summed E-state index contributed by atoms with van der Waals surface area (Å²) >= 11 is 0. The third-order valence-corrected chi connectivity index (χ3v) is 4.81. The summed E-state index contributed by atoms with van der Waals surface area (Å²) in [6.07, 6.45) is 2.49. The third-order valence-electron chi connectivity index (χ3n) is 4.81. The number of hydrogen-bond acceptors (Lipinski definition) is 3. The Kier molecular flexibility index (Phi) is 5.19. The van der Waals surface area contributed by atoms with Crippen LogP contribution < -0.4 is 5.73 Å². The fourth-order valence-electron chi connectivity index (χ4n) is 3.18. The van der Waals surface area contributed by atoms with Crippen LogP contribution in [0.15, 0.2) is 18.2 Å². The summed E-state index contributed by atoms with van der Waals surface area (Å²) in [5, 5.41) is 0. The smallest absolute Gasteiger partial charge is 0.0470 e. The molecule has 1 aliphatic heterocycles. The molecule has 112 valence electrons. The van der Waals surface area contributed by atoms with E-state index in [1.54, 1.807) is 0 Å². The summed E-state index contributed by atoms with van der Waals surface area (Å²) in [4.78, 5) is 4.91. The largest absolute Gasteiger partial charge is 0.329 e. The van der Waals surface area contributed by atoms with Crippen LogP contribution in [-0.4, -0.2) is 49.6 Å². The molecule has 2 rings (SSSR count). The molecule has 1 aromatic rings. The van der Waals surface area contributed by atoms with Crippen molar-refractivity contribution >= 4 is 0 Å². The van der Waals surface area contributed by atoms with Crippen molar-refractivity contribution in [2.24, 2.45) is 5.73 Å². The zero-order chi connectivity index (χ0) is 14.7. The lowest BCUT2D eigenvalue weighted by atomic mass is 9.96. The number of nitrogens with zero attached hydrogens (tertiary/aromatic N) is 2. The fourth-order valence-corrected chi connectivity index (χ4v) is 3.18. The number of benzene rings is 1. The van der Waals surface area contributed by atoms with Crippen molar-refractivity contribution in [3.63, 3.8) is 0 Å². The Morgan fingerprint density at radius 2 is 1.85 bits per heavy atom. The lowest BCUT2D eigenvalue weighted by Gasteiger charge is -2.39. The van der Waals surface area contributed by atoms with Crippen molar-refractivity contribution in [1.82, 2.24) is 9.80 Å². The molecule has 1 aliphatic rings. The standard InChI is InChI=1S/C17H29N3/c1-13-5-6-15(11-14(13)2)17(12-18)20-9-7-16(8-10-20)19(3)4/h5-6,11,16-17H,7-10,12,18H2,1-4H3. The maximum absolute atomic E-state index is 6.07. The molecule has 0 aromatic heterocycles. The van der Waals surface area contributed by atoms with Crippen LogP contribution in [0.1, 0.15) is 35.6 Å². The molecule has 3 heteroatoms. The number of hydrogen-bond donors (Lipinski definition) is 1. The van der Waals surface area contributed by atoms with Crippen LogP contribution in [0.2, 0.25) is 0 Å². The van der Waals surface area contributed by atoms with Crippen LogP contribution in [0.25, 0.3) is 0 Å². The van der Waals surface area contributed by atoms with Gasteiger partial charge in [0.15, 0.2) is 0 Å². The average molecular weight is 275 g/mol. The molecular weight excluding hydrogens is 246 g/mol. The van der Waals surface area contributed by atoms with Crippen LogP contribution in [0, 0.1) is 13.8 Å². The third kappa shape index (κ3) is 3.40. The molecule has 2 N–H and O–H groups in total. The van der Waals surface area contributed by atoms with E-state index in [0.29, 0.717) is 12.6 Å². The Morgan fingerprint density at radius 1 is 1.20 bits per heavy atom. The van der Waals surface area contributed by atoms with E-state index in [-0.39, 0.29) is 0 Å². The van der Waals surface area contributed by atoms with Gasteiger partial charge in [0.05, 0.1) is 0 Å². The zero-order valence-electron chi connectivity index (χ0n) is 13.4. The van der Waals surface area contributed by atoms with Gasteiger partial charge in [0, 0.05) is 31.7 Å². The Labute approximate surface area is 123 Å². The molecule has 0 saturated carbocycles. The molecule has 0 spiro atoms. The van der Waals surface area contributed by atoms with Crippen LogP contribution in [0.3, 0.4) is 0 Å². The average Bonchev–Trinajstić information content (AvgIpc) is 2.44. The van der Waals surface area contributed by atoms with Crippen molar-refractivity contribution in [3.8, 4) is 0 Å². The van der Waals surface area contributed by atoms with E-state index in [1.165, 1.54) is 29.5 Å². The molecule has 1 unspecified atom stereocenters. The Morgan fingerprint density at radius 3 is 2.35 bits per heavy atom. The van der Waals surface area contributed by atoms with Gasteiger partial charge < -0.3 is 10.6 Å². The van der Waals surface area contributed by atoms with Crippen molar-refractivity contribution in [2.45, 2.75) is 38.8 Å². The molecule has 3 nitrogen and oxygen atoms in total. The Bertz CT molecular complexity index is 434. The van der Waals surface area contributed by atoms with Gasteiger partial charge in [-0.05, 0) is 57.5 Å². The van der Waals surface area contributed by atoms with Gasteiger partial charge >= 0.3 is 0 Å². The van der Waals surface area contributed by atoms with E-state index in [4.69, 9.17) is 5.73 Å². The summed E-state index contributed by atoms with van der Waals surface area (Å²) in [7, 11) is 4.37. The van der Waals surface area contributed by atoms with Crippen LogP contribution in [-0.2, 0) is 0 Å². The summed E-state index contributed by atoms with van der Waals surface area (Å²) in [6, 6.07) is 7.88. The monoisotopic (exact) mass is 275 g/mol. The molecule has 1 heterocycles. The molecule has 1 atom stereocenters. The van der Waals surface area contributed by atoms with E-state index in [9.17, 15) is 0 Å². The summed E-state index contributed by atoms with van der Waals surface area (Å²) < 4.78 is 0. The normalized spacial score (nSPS) is 19.5. The first-order chi connectivity index (χ1) is 9.52. The quantitative estimate of drug-likeness (QED) is 0.915. The lowest BCUT2D eigenvalue weighted by molar-refractivity contribution is 0.111. The first-order valence-corrected chi connectivity index (χ1v) is 7.70. The molecule has 1 aromatic carbocycles. The van der Waals surface area contributed by atoms with E-state index in [0.717, 1.165) is 19.1 Å². The highest BCUT2D eigenvalue weighted by Gasteiger charge is 2.26. The van der Waals surface area contributed by atoms with Crippen LogP contribution in [0.4, 0.5) is 0 Å². The molecule has 0 amide bonds. The van der Waals surface area contributed by atoms with Crippen LogP contribution >= 0.6 is 0 Å². The topological polar surface area (TPSA) is 32.5 Å². The number of likely N-dealkylation sites (tertiary alicyclic amines) is 1. The van der Waals surface area contributed by atoms with Gasteiger partial charge in [-0.2, -0.15) is 0 Å². The second kappa shape index (κ2) is 6.70. The first-order valence-electron chi connectivity index (χ1n) is 7.70. The van der Waals surface area contributed by atoms with Gasteiger partial charge in [-0.1, -0.05) is 18.2 Å². The molecule has 20 heavy (non-hydrogen) atoms. The van der Waals surface area contributed by atoms with Crippen molar-refractivity contribution in [2.75, 3.05) is 33.7 Å². The maximum Gasteiger partial charge on any atom is 0.0470 e. The highest BCUT2D eigenvalue weighted by molar-refractivity contribution is 5.32. The summed E-state index contributed by atoms with van der Waals surface area (Å²) in [5.41, 5.74) is 10.2. The SMILES string of the molecule is Cc1ccc(C(CN)N2CCC(N(C)C)CC2)cc1C. The maximum atomic E-state index is 6.07. The number of rotatable bonds is 4. The molecule has 1 saturated heterocycles. The Hall–Kier alpha value is -0.900. The predicted octanol–water partition coefficient (Wildman–Crippen LogP) is 2.33. The predicted molar refractivity (Wildman–Crippen MR) is 86.0 cm³/mol. The molecule has 0 aliphatic carbocycles. The van der Waals surface area contributed by atoms with Crippen molar-refractivity contribution in [3.05, 3.63) is 34.9 Å². The first kappa shape index (κ1) is 15.5. The Balaban J connectivity index is 2.07. The van der Waals surface area contributed by atoms with Gasteiger partial charge in [-0.3, -0.25) is 4.90 Å². The minimum atomic E-state index is 0.373. The summed E-state index contributed by atoms with van der Waals surface area (Å²) in [5.74, 6) is 0. The lowest BCUT2D eigenvalue weighted by Crippen LogP contribution is -2.45. The second-order valence-corrected chi connectivity index (χ2v) is 6.33. The highest BCUT2D eigenvalue weighted by Crippen LogP contribution is 2.26. The van der Waals surface area contributed by atoms with Gasteiger partial charge in [0.1, 0.15) is 0 Å². The number of piperidine rings is 1. The second-order valence-electron chi connectivity index (χ2n) is 6.33. The van der Waals surface area contributed by atoms with Crippen molar-refractivity contribution in [1.29, 1.82) is 0 Å². The number of nitrogens with two attached hydrogens (primary N) is 1. The number of aryl methyl sites for hydroxylation is 2. The molecule has 0 radical (unpaired) electrons. The van der Waals surface area contributed by atoms with E-state index in [1.807, 2.05) is 0 Å². The highest BCUT2D eigenvalue weighted by atomic mass is 15.2. The van der Waals surface area contributed by atoms with Gasteiger partial charge in [-0.15, -0.1) is 0 Å². The van der Waals surface area contributed by atoms with Gasteiger partial charge in [0.25, 0.3) is 0 Å². The fraction of sp³-hybridized carbons (Fsp3) is 0.647. The zero-order valence-corrected chi connectivity index (χ0v) is 13.4. The van der Waals surface area contributed by atoms with Gasteiger partial charge in [0.2, 0.25) is 0 Å². The minimum absolute atomic E-state index is 0.373.